The molecular formula is C21H23N3O3. The summed E-state index contributed by atoms with van der Waals surface area (Å²) in [7, 11) is 0. The van der Waals surface area contributed by atoms with Gasteiger partial charge >= 0.3 is 0 Å². The smallest absolute Gasteiger partial charge is 0.255 e. The van der Waals surface area contributed by atoms with Crippen LogP contribution in [0.3, 0.4) is 0 Å². The Bertz CT molecular complexity index is 859. The van der Waals surface area contributed by atoms with Gasteiger partial charge in [-0.25, -0.2) is 0 Å². The number of carbonyl (C=O) groups is 3. The third-order valence-corrected chi connectivity index (χ3v) is 5.76. The summed E-state index contributed by atoms with van der Waals surface area (Å²) in [5.74, 6) is 6.14. The Hall–Kier alpha value is -2.65. The SMILES string of the molecule is NC1CCC(C#Cc2cccc3c2CN(C2CCC(=O)NC2=O)C3=O)CC1. The normalized spacial score (nSPS) is 27.7. The van der Waals surface area contributed by atoms with Gasteiger partial charge in [-0.2, -0.15) is 0 Å². The van der Waals surface area contributed by atoms with Crippen LogP contribution in [0.1, 0.15) is 60.0 Å². The van der Waals surface area contributed by atoms with Crippen LogP contribution in [0.15, 0.2) is 18.2 Å². The van der Waals surface area contributed by atoms with Gasteiger partial charge in [0.2, 0.25) is 11.8 Å². The number of nitrogens with zero attached hydrogens (tertiary/aromatic N) is 1. The molecule has 1 aromatic rings. The number of hydrogen-bond acceptors (Lipinski definition) is 4. The highest BCUT2D eigenvalue weighted by Gasteiger charge is 2.39. The van der Waals surface area contributed by atoms with E-state index in [-0.39, 0.29) is 18.2 Å². The molecule has 1 saturated heterocycles. The molecule has 0 bridgehead atoms. The van der Waals surface area contributed by atoms with Crippen molar-refractivity contribution in [3.63, 3.8) is 0 Å². The van der Waals surface area contributed by atoms with Crippen molar-refractivity contribution in [2.45, 2.75) is 57.2 Å². The zero-order valence-electron chi connectivity index (χ0n) is 15.2. The molecule has 1 saturated carbocycles. The maximum Gasteiger partial charge on any atom is 0.255 e. The third kappa shape index (κ3) is 3.47. The molecular weight excluding hydrogens is 342 g/mol. The van der Waals surface area contributed by atoms with Crippen LogP contribution in [0, 0.1) is 17.8 Å². The minimum absolute atomic E-state index is 0.160. The fourth-order valence-corrected chi connectivity index (χ4v) is 4.15. The van der Waals surface area contributed by atoms with E-state index in [9.17, 15) is 14.4 Å². The summed E-state index contributed by atoms with van der Waals surface area (Å²) >= 11 is 0. The summed E-state index contributed by atoms with van der Waals surface area (Å²) in [4.78, 5) is 37.9. The van der Waals surface area contributed by atoms with Gasteiger partial charge in [-0.1, -0.05) is 17.9 Å². The number of benzene rings is 1. The molecule has 1 aliphatic carbocycles. The minimum atomic E-state index is -0.594. The fraction of sp³-hybridized carbons (Fsp3) is 0.476. The van der Waals surface area contributed by atoms with Crippen LogP contribution in [0.5, 0.6) is 0 Å². The molecule has 4 rings (SSSR count). The first-order chi connectivity index (χ1) is 13.0. The zero-order chi connectivity index (χ0) is 19.0. The molecule has 2 aliphatic heterocycles. The molecule has 3 N–H and O–H groups in total. The predicted molar refractivity (Wildman–Crippen MR) is 99.3 cm³/mol. The number of carbonyl (C=O) groups excluding carboxylic acids is 3. The molecule has 1 aromatic carbocycles. The Morgan fingerprint density at radius 1 is 1.07 bits per heavy atom. The van der Waals surface area contributed by atoms with Crippen molar-refractivity contribution in [1.82, 2.24) is 10.2 Å². The van der Waals surface area contributed by atoms with E-state index < -0.39 is 11.9 Å². The Labute approximate surface area is 158 Å². The molecule has 1 atom stereocenters. The number of rotatable bonds is 1. The lowest BCUT2D eigenvalue weighted by Crippen LogP contribution is -2.52. The van der Waals surface area contributed by atoms with E-state index in [4.69, 9.17) is 5.73 Å². The van der Waals surface area contributed by atoms with Gasteiger partial charge in [0.05, 0.1) is 0 Å². The molecule has 6 nitrogen and oxygen atoms in total. The average molecular weight is 365 g/mol. The maximum atomic E-state index is 12.8. The fourth-order valence-electron chi connectivity index (χ4n) is 4.15. The number of imide groups is 1. The molecule has 3 aliphatic rings. The van der Waals surface area contributed by atoms with Crippen LogP contribution >= 0.6 is 0 Å². The van der Waals surface area contributed by atoms with E-state index in [1.54, 1.807) is 11.0 Å². The second kappa shape index (κ2) is 7.16. The quantitative estimate of drug-likeness (QED) is 0.580. The summed E-state index contributed by atoms with van der Waals surface area (Å²) < 4.78 is 0. The molecule has 2 heterocycles. The van der Waals surface area contributed by atoms with Crippen LogP contribution in [0.25, 0.3) is 0 Å². The summed E-state index contributed by atoms with van der Waals surface area (Å²) in [6.45, 7) is 0.362. The Morgan fingerprint density at radius 3 is 2.59 bits per heavy atom. The van der Waals surface area contributed by atoms with E-state index in [1.165, 1.54) is 0 Å². The number of nitrogens with one attached hydrogen (secondary N) is 1. The number of hydrogen-bond donors (Lipinski definition) is 2. The van der Waals surface area contributed by atoms with Crippen LogP contribution in [-0.2, 0) is 16.1 Å². The van der Waals surface area contributed by atoms with Crippen LogP contribution < -0.4 is 11.1 Å². The Kier molecular flexibility index (Phi) is 4.71. The van der Waals surface area contributed by atoms with E-state index in [0.717, 1.165) is 36.8 Å². The van der Waals surface area contributed by atoms with Crippen LogP contribution in [0.4, 0.5) is 0 Å². The Balaban J connectivity index is 1.55. The predicted octanol–water partition coefficient (Wildman–Crippen LogP) is 1.32. The van der Waals surface area contributed by atoms with Gasteiger partial charge in [0.1, 0.15) is 6.04 Å². The first-order valence-corrected chi connectivity index (χ1v) is 9.56. The summed E-state index contributed by atoms with van der Waals surface area (Å²) in [6.07, 6.45) is 4.68. The number of amides is 3. The van der Waals surface area contributed by atoms with Crippen molar-refractivity contribution in [2.24, 2.45) is 11.7 Å². The standard InChI is InChI=1S/C21H23N3O3/c22-15-8-5-13(6-9-15)4-7-14-2-1-3-16-17(14)12-24(21(16)27)18-10-11-19(25)23-20(18)26/h1-3,13,15,18H,5-6,8-12,22H2,(H,23,25,26). The maximum absolute atomic E-state index is 12.8. The first-order valence-electron chi connectivity index (χ1n) is 9.56. The molecule has 0 spiro atoms. The van der Waals surface area contributed by atoms with Crippen molar-refractivity contribution in [3.05, 3.63) is 34.9 Å². The van der Waals surface area contributed by atoms with Crippen molar-refractivity contribution in [1.29, 1.82) is 0 Å². The van der Waals surface area contributed by atoms with Crippen molar-refractivity contribution in [3.8, 4) is 11.8 Å². The van der Waals surface area contributed by atoms with Gasteiger partial charge in [0, 0.05) is 36.1 Å². The van der Waals surface area contributed by atoms with Gasteiger partial charge < -0.3 is 10.6 Å². The van der Waals surface area contributed by atoms with Crippen molar-refractivity contribution < 1.29 is 14.4 Å². The lowest BCUT2D eigenvalue weighted by Gasteiger charge is -2.29. The number of nitrogens with two attached hydrogens (primary N) is 1. The molecule has 0 radical (unpaired) electrons. The van der Waals surface area contributed by atoms with Crippen LogP contribution in [0.2, 0.25) is 0 Å². The topological polar surface area (TPSA) is 92.5 Å². The molecule has 1 unspecified atom stereocenters. The van der Waals surface area contributed by atoms with Gasteiger partial charge in [-0.3, -0.25) is 19.7 Å². The molecule has 3 amide bonds. The lowest BCUT2D eigenvalue weighted by molar-refractivity contribution is -0.136. The minimum Gasteiger partial charge on any atom is -0.328 e. The van der Waals surface area contributed by atoms with E-state index in [2.05, 4.69) is 17.2 Å². The van der Waals surface area contributed by atoms with Gasteiger partial charge in [0.25, 0.3) is 5.91 Å². The summed E-state index contributed by atoms with van der Waals surface area (Å²) in [5, 5.41) is 2.33. The van der Waals surface area contributed by atoms with Gasteiger partial charge in [0.15, 0.2) is 0 Å². The van der Waals surface area contributed by atoms with Crippen LogP contribution in [-0.4, -0.2) is 34.7 Å². The molecule has 2 fully saturated rings. The largest absolute Gasteiger partial charge is 0.328 e. The zero-order valence-corrected chi connectivity index (χ0v) is 15.2. The number of piperidine rings is 1. The van der Waals surface area contributed by atoms with E-state index in [1.807, 2.05) is 12.1 Å². The molecule has 140 valence electrons. The average Bonchev–Trinajstić information content (AvgIpc) is 2.99. The Morgan fingerprint density at radius 2 is 1.85 bits per heavy atom. The molecule has 6 heteroatoms. The number of fused-ring (bicyclic) bond motifs is 1. The van der Waals surface area contributed by atoms with E-state index >= 15 is 0 Å². The van der Waals surface area contributed by atoms with E-state index in [0.29, 0.717) is 30.5 Å². The molecule has 0 aromatic heterocycles. The highest BCUT2D eigenvalue weighted by molar-refractivity contribution is 6.05. The summed E-state index contributed by atoms with van der Waals surface area (Å²) in [5.41, 5.74) is 8.30. The monoisotopic (exact) mass is 365 g/mol. The van der Waals surface area contributed by atoms with Gasteiger partial charge in [-0.05, 0) is 49.8 Å². The first kappa shape index (κ1) is 17.7. The second-order valence-electron chi connectivity index (χ2n) is 7.61. The van der Waals surface area contributed by atoms with Crippen molar-refractivity contribution in [2.75, 3.05) is 0 Å². The van der Waals surface area contributed by atoms with Gasteiger partial charge in [-0.15, -0.1) is 0 Å². The van der Waals surface area contributed by atoms with Crippen molar-refractivity contribution >= 4 is 17.7 Å². The molecule has 27 heavy (non-hydrogen) atoms. The summed E-state index contributed by atoms with van der Waals surface area (Å²) in [6, 6.07) is 5.26. The highest BCUT2D eigenvalue weighted by atomic mass is 16.2. The second-order valence-corrected chi connectivity index (χ2v) is 7.61. The highest BCUT2D eigenvalue weighted by Crippen LogP contribution is 2.30. The lowest BCUT2D eigenvalue weighted by atomic mass is 9.86. The third-order valence-electron chi connectivity index (χ3n) is 5.76.